The highest BCUT2D eigenvalue weighted by molar-refractivity contribution is 6.42. The fraction of sp³-hybridized carbons (Fsp3) is 0. The summed E-state index contributed by atoms with van der Waals surface area (Å²) in [5.41, 5.74) is 8.59. The minimum atomic E-state index is 0.468. The number of imidazole rings is 1. The van der Waals surface area contributed by atoms with Gasteiger partial charge in [-0.25, -0.2) is 4.98 Å². The zero-order chi connectivity index (χ0) is 13.6. The van der Waals surface area contributed by atoms with Crippen LogP contribution in [0.5, 0.6) is 0 Å². The number of fused-ring (bicyclic) bond motifs is 1. The molecule has 1 heterocycles. The smallest absolute Gasteiger partial charge is 0.140 e. The number of rotatable bonds is 1. The van der Waals surface area contributed by atoms with E-state index in [1.807, 2.05) is 6.07 Å². The zero-order valence-corrected chi connectivity index (χ0v) is 11.8. The molecule has 3 nitrogen and oxygen atoms in total. The monoisotopic (exact) mass is 311 g/mol. The molecule has 19 heavy (non-hydrogen) atoms. The number of hydrogen-bond donors (Lipinski definition) is 2. The fourth-order valence-corrected chi connectivity index (χ4v) is 2.46. The maximum Gasteiger partial charge on any atom is 0.140 e. The quantitative estimate of drug-likeness (QED) is 0.636. The van der Waals surface area contributed by atoms with Gasteiger partial charge in [0.05, 0.1) is 26.1 Å². The van der Waals surface area contributed by atoms with Crippen molar-refractivity contribution < 1.29 is 0 Å². The summed E-state index contributed by atoms with van der Waals surface area (Å²) in [4.78, 5) is 7.61. The molecule has 0 aliphatic carbocycles. The molecule has 0 fully saturated rings. The van der Waals surface area contributed by atoms with Crippen molar-refractivity contribution in [1.29, 1.82) is 0 Å². The van der Waals surface area contributed by atoms with Crippen LogP contribution in [-0.2, 0) is 0 Å². The molecule has 0 aliphatic rings. The van der Waals surface area contributed by atoms with Gasteiger partial charge in [-0.3, -0.25) is 0 Å². The molecule has 0 saturated carbocycles. The number of halogens is 3. The van der Waals surface area contributed by atoms with Crippen molar-refractivity contribution in [2.24, 2.45) is 0 Å². The van der Waals surface area contributed by atoms with Gasteiger partial charge in [0.25, 0.3) is 0 Å². The van der Waals surface area contributed by atoms with Gasteiger partial charge in [0.2, 0.25) is 0 Å². The molecule has 1 aromatic heterocycles. The molecule has 0 radical (unpaired) electrons. The molecule has 0 aliphatic heterocycles. The summed E-state index contributed by atoms with van der Waals surface area (Å²) in [6.07, 6.45) is 0. The van der Waals surface area contributed by atoms with E-state index in [1.54, 1.807) is 24.3 Å². The van der Waals surface area contributed by atoms with Gasteiger partial charge in [0.15, 0.2) is 0 Å². The fourth-order valence-electron chi connectivity index (χ4n) is 1.86. The number of anilines is 1. The maximum absolute atomic E-state index is 6.16. The topological polar surface area (TPSA) is 54.7 Å². The number of hydrogen-bond acceptors (Lipinski definition) is 2. The lowest BCUT2D eigenvalue weighted by Gasteiger charge is -2.01. The van der Waals surface area contributed by atoms with E-state index in [4.69, 9.17) is 40.5 Å². The second kappa shape index (κ2) is 4.60. The van der Waals surface area contributed by atoms with Crippen LogP contribution in [0.2, 0.25) is 15.1 Å². The zero-order valence-electron chi connectivity index (χ0n) is 9.55. The molecular formula is C13H8Cl3N3. The van der Waals surface area contributed by atoms with Crippen LogP contribution in [0.15, 0.2) is 30.3 Å². The molecule has 2 aromatic carbocycles. The van der Waals surface area contributed by atoms with Gasteiger partial charge >= 0.3 is 0 Å². The number of nitrogens with zero attached hydrogens (tertiary/aromatic N) is 1. The average molecular weight is 313 g/mol. The van der Waals surface area contributed by atoms with Gasteiger partial charge in [0, 0.05) is 11.3 Å². The van der Waals surface area contributed by atoms with Crippen LogP contribution in [0.1, 0.15) is 0 Å². The molecule has 0 bridgehead atoms. The Hall–Kier alpha value is -1.42. The summed E-state index contributed by atoms with van der Waals surface area (Å²) < 4.78 is 0. The van der Waals surface area contributed by atoms with Gasteiger partial charge in [-0.1, -0.05) is 34.8 Å². The highest BCUT2D eigenvalue weighted by atomic mass is 35.5. The Balaban J connectivity index is 2.20. The Morgan fingerprint density at radius 2 is 1.68 bits per heavy atom. The molecule has 3 N–H and O–H groups in total. The molecular weight excluding hydrogens is 305 g/mol. The first-order chi connectivity index (χ1) is 9.04. The molecule has 0 unspecified atom stereocenters. The summed E-state index contributed by atoms with van der Waals surface area (Å²) in [6, 6.07) is 8.72. The van der Waals surface area contributed by atoms with Crippen LogP contribution in [0.25, 0.3) is 22.4 Å². The minimum Gasteiger partial charge on any atom is -0.399 e. The van der Waals surface area contributed by atoms with Crippen LogP contribution >= 0.6 is 34.8 Å². The van der Waals surface area contributed by atoms with Gasteiger partial charge in [-0.2, -0.15) is 0 Å². The third-order valence-electron chi connectivity index (χ3n) is 2.77. The number of nitrogens with two attached hydrogens (primary N) is 1. The first-order valence-electron chi connectivity index (χ1n) is 5.45. The SMILES string of the molecule is Nc1ccc(-c2nc3cc(Cl)c(Cl)cc3[nH]2)c(Cl)c1. The Morgan fingerprint density at radius 1 is 0.947 bits per heavy atom. The van der Waals surface area contributed by atoms with E-state index in [0.29, 0.717) is 26.6 Å². The average Bonchev–Trinajstić information content (AvgIpc) is 2.72. The molecule has 0 atom stereocenters. The molecule has 96 valence electrons. The second-order valence-electron chi connectivity index (χ2n) is 4.11. The van der Waals surface area contributed by atoms with E-state index in [9.17, 15) is 0 Å². The predicted octanol–water partition coefficient (Wildman–Crippen LogP) is 4.77. The van der Waals surface area contributed by atoms with Crippen LogP contribution in [-0.4, -0.2) is 9.97 Å². The van der Waals surface area contributed by atoms with E-state index in [-0.39, 0.29) is 0 Å². The van der Waals surface area contributed by atoms with Crippen molar-refractivity contribution in [3.05, 3.63) is 45.4 Å². The summed E-state index contributed by atoms with van der Waals surface area (Å²) in [6.45, 7) is 0. The Labute approximate surface area is 124 Å². The van der Waals surface area contributed by atoms with E-state index in [1.165, 1.54) is 0 Å². The molecule has 6 heteroatoms. The number of benzene rings is 2. The Bertz CT molecular complexity index is 741. The van der Waals surface area contributed by atoms with E-state index in [0.717, 1.165) is 16.6 Å². The van der Waals surface area contributed by atoms with Crippen LogP contribution in [0, 0.1) is 0 Å². The van der Waals surface area contributed by atoms with Gasteiger partial charge < -0.3 is 10.7 Å². The summed E-state index contributed by atoms with van der Waals surface area (Å²) in [7, 11) is 0. The first kappa shape index (κ1) is 12.6. The number of H-pyrrole nitrogens is 1. The predicted molar refractivity (Wildman–Crippen MR) is 81.0 cm³/mol. The van der Waals surface area contributed by atoms with E-state index >= 15 is 0 Å². The van der Waals surface area contributed by atoms with Gasteiger partial charge in [-0.15, -0.1) is 0 Å². The van der Waals surface area contributed by atoms with Crippen molar-refractivity contribution in [2.75, 3.05) is 5.73 Å². The summed E-state index contributed by atoms with van der Waals surface area (Å²) >= 11 is 18.1. The molecule has 0 amide bonds. The van der Waals surface area contributed by atoms with E-state index < -0.39 is 0 Å². The number of nitrogens with one attached hydrogen (secondary N) is 1. The van der Waals surface area contributed by atoms with Crippen molar-refractivity contribution in [3.63, 3.8) is 0 Å². The third-order valence-corrected chi connectivity index (χ3v) is 3.81. The summed E-state index contributed by atoms with van der Waals surface area (Å²) in [5.74, 6) is 0.651. The normalized spacial score (nSPS) is 11.1. The number of nitrogen functional groups attached to an aromatic ring is 1. The minimum absolute atomic E-state index is 0.468. The van der Waals surface area contributed by atoms with Crippen molar-refractivity contribution >= 4 is 51.5 Å². The highest BCUT2D eigenvalue weighted by Crippen LogP contribution is 2.32. The molecule has 3 rings (SSSR count). The van der Waals surface area contributed by atoms with E-state index in [2.05, 4.69) is 9.97 Å². The second-order valence-corrected chi connectivity index (χ2v) is 5.33. The lowest BCUT2D eigenvalue weighted by molar-refractivity contribution is 1.34. The standard InChI is InChI=1S/C13H8Cl3N3/c14-8-3-6(17)1-2-7(8)13-18-11-4-9(15)10(16)5-12(11)19-13/h1-5H,17H2,(H,18,19). The molecule has 3 aromatic rings. The number of aromatic amines is 1. The van der Waals surface area contributed by atoms with Gasteiger partial charge in [0.1, 0.15) is 5.82 Å². The molecule has 0 spiro atoms. The first-order valence-corrected chi connectivity index (χ1v) is 6.58. The number of aromatic nitrogens is 2. The van der Waals surface area contributed by atoms with Crippen LogP contribution < -0.4 is 5.73 Å². The van der Waals surface area contributed by atoms with Crippen LogP contribution in [0.3, 0.4) is 0 Å². The Morgan fingerprint density at radius 3 is 2.42 bits per heavy atom. The lowest BCUT2D eigenvalue weighted by Crippen LogP contribution is -1.87. The summed E-state index contributed by atoms with van der Waals surface area (Å²) in [5, 5.41) is 1.49. The van der Waals surface area contributed by atoms with Gasteiger partial charge in [-0.05, 0) is 30.3 Å². The highest BCUT2D eigenvalue weighted by Gasteiger charge is 2.11. The third kappa shape index (κ3) is 2.25. The van der Waals surface area contributed by atoms with Crippen molar-refractivity contribution in [1.82, 2.24) is 9.97 Å². The lowest BCUT2D eigenvalue weighted by atomic mass is 10.2. The Kier molecular flexibility index (Phi) is 3.05. The maximum atomic E-state index is 6.16. The van der Waals surface area contributed by atoms with Crippen LogP contribution in [0.4, 0.5) is 5.69 Å². The van der Waals surface area contributed by atoms with Crippen molar-refractivity contribution in [3.8, 4) is 11.4 Å². The van der Waals surface area contributed by atoms with Crippen molar-refractivity contribution in [2.45, 2.75) is 0 Å². The largest absolute Gasteiger partial charge is 0.399 e. The molecule has 0 saturated heterocycles.